The van der Waals surface area contributed by atoms with Crippen LogP contribution in [-0.4, -0.2) is 72.7 Å². The van der Waals surface area contributed by atoms with E-state index in [1.54, 1.807) is 47.4 Å². The van der Waals surface area contributed by atoms with E-state index in [2.05, 4.69) is 5.32 Å². The first-order chi connectivity index (χ1) is 18.4. The number of ether oxygens (including phenoxy) is 3. The van der Waals surface area contributed by atoms with Crippen molar-refractivity contribution in [1.82, 2.24) is 9.80 Å². The summed E-state index contributed by atoms with van der Waals surface area (Å²) in [6.07, 6.45) is 3.43. The Balaban J connectivity index is 1.38. The third kappa shape index (κ3) is 6.46. The summed E-state index contributed by atoms with van der Waals surface area (Å²) < 4.78 is 16.6. The molecule has 0 aromatic heterocycles. The zero-order chi connectivity index (χ0) is 27.1. The zero-order valence-electron chi connectivity index (χ0n) is 21.2. The number of thioether (sulfide) groups is 1. The van der Waals surface area contributed by atoms with Gasteiger partial charge in [-0.1, -0.05) is 18.2 Å². The minimum atomic E-state index is -0.504. The first kappa shape index (κ1) is 27.1. The Labute approximate surface area is 224 Å². The van der Waals surface area contributed by atoms with Crippen LogP contribution < -0.4 is 19.5 Å². The highest BCUT2D eigenvalue weighted by Gasteiger charge is 2.37. The van der Waals surface area contributed by atoms with E-state index in [4.69, 9.17) is 14.2 Å². The maximum atomic E-state index is 12.8. The van der Waals surface area contributed by atoms with E-state index >= 15 is 0 Å². The molecule has 0 aliphatic carbocycles. The topological polar surface area (TPSA) is 114 Å². The number of methoxy groups -OCH3 is 1. The molecular formula is C27H29N3O7S. The van der Waals surface area contributed by atoms with Gasteiger partial charge in [0, 0.05) is 13.1 Å². The number of hydrogen-bond acceptors (Lipinski definition) is 8. The van der Waals surface area contributed by atoms with Gasteiger partial charge >= 0.3 is 0 Å². The molecule has 4 rings (SSSR count). The average Bonchev–Trinajstić information content (AvgIpc) is 3.54. The number of para-hydroxylation sites is 2. The van der Waals surface area contributed by atoms with Gasteiger partial charge in [0.1, 0.15) is 12.3 Å². The number of benzene rings is 2. The summed E-state index contributed by atoms with van der Waals surface area (Å²) in [6, 6.07) is 12.1. The van der Waals surface area contributed by atoms with Gasteiger partial charge in [0.15, 0.2) is 18.1 Å². The second-order valence-corrected chi connectivity index (χ2v) is 9.53. The van der Waals surface area contributed by atoms with Crippen LogP contribution in [0.4, 0.5) is 10.5 Å². The van der Waals surface area contributed by atoms with Crippen molar-refractivity contribution in [3.05, 3.63) is 52.9 Å². The Hall–Kier alpha value is -3.99. The van der Waals surface area contributed by atoms with Gasteiger partial charge in [-0.3, -0.25) is 24.1 Å². The van der Waals surface area contributed by atoms with Crippen molar-refractivity contribution in [2.75, 3.05) is 45.3 Å². The van der Waals surface area contributed by atoms with Crippen LogP contribution in [0.5, 0.6) is 17.2 Å². The molecule has 1 N–H and O–H groups in total. The summed E-state index contributed by atoms with van der Waals surface area (Å²) in [6.45, 7) is 3.12. The van der Waals surface area contributed by atoms with Gasteiger partial charge in [-0.15, -0.1) is 0 Å². The molecule has 2 aromatic carbocycles. The van der Waals surface area contributed by atoms with E-state index in [1.165, 1.54) is 7.11 Å². The predicted molar refractivity (Wildman–Crippen MR) is 143 cm³/mol. The van der Waals surface area contributed by atoms with Crippen LogP contribution in [0.3, 0.4) is 0 Å². The van der Waals surface area contributed by atoms with Crippen molar-refractivity contribution < 1.29 is 33.4 Å². The number of carbonyl (C=O) groups is 4. The fraction of sp³-hybridized carbons (Fsp3) is 0.333. The number of hydrogen-bond donors (Lipinski definition) is 1. The van der Waals surface area contributed by atoms with Gasteiger partial charge < -0.3 is 24.4 Å². The molecule has 0 unspecified atom stereocenters. The second kappa shape index (κ2) is 12.5. The average molecular weight is 540 g/mol. The third-order valence-corrected chi connectivity index (χ3v) is 6.84. The summed E-state index contributed by atoms with van der Waals surface area (Å²) in [4.78, 5) is 53.0. The lowest BCUT2D eigenvalue weighted by molar-refractivity contribution is -0.135. The van der Waals surface area contributed by atoms with Crippen molar-refractivity contribution in [2.24, 2.45) is 0 Å². The van der Waals surface area contributed by atoms with Crippen LogP contribution in [-0.2, 0) is 14.4 Å². The summed E-state index contributed by atoms with van der Waals surface area (Å²) in [5.41, 5.74) is 1.14. The second-order valence-electron chi connectivity index (χ2n) is 8.53. The van der Waals surface area contributed by atoms with Crippen molar-refractivity contribution in [3.8, 4) is 17.2 Å². The van der Waals surface area contributed by atoms with Gasteiger partial charge in [0.2, 0.25) is 5.91 Å². The number of amides is 4. The zero-order valence-corrected chi connectivity index (χ0v) is 22.0. The lowest BCUT2D eigenvalue weighted by atomic mass is 10.2. The molecule has 0 saturated carbocycles. The number of nitrogens with one attached hydrogen (secondary N) is 1. The first-order valence-electron chi connectivity index (χ1n) is 12.2. The molecule has 0 spiro atoms. The van der Waals surface area contributed by atoms with Gasteiger partial charge in [-0.05, 0) is 67.4 Å². The highest BCUT2D eigenvalue weighted by Crippen LogP contribution is 2.34. The highest BCUT2D eigenvalue weighted by atomic mass is 32.2. The highest BCUT2D eigenvalue weighted by molar-refractivity contribution is 8.18. The molecule has 0 bridgehead atoms. The van der Waals surface area contributed by atoms with Crippen molar-refractivity contribution in [1.29, 1.82) is 0 Å². The van der Waals surface area contributed by atoms with Gasteiger partial charge in [-0.2, -0.15) is 0 Å². The van der Waals surface area contributed by atoms with E-state index in [1.807, 2.05) is 13.0 Å². The molecule has 4 amide bonds. The minimum absolute atomic E-state index is 0.215. The van der Waals surface area contributed by atoms with Gasteiger partial charge in [0.05, 0.1) is 24.3 Å². The number of likely N-dealkylation sites (tertiary alicyclic amines) is 1. The molecule has 2 aromatic rings. The lowest BCUT2D eigenvalue weighted by Crippen LogP contribution is -2.40. The van der Waals surface area contributed by atoms with Crippen LogP contribution in [0.2, 0.25) is 0 Å². The summed E-state index contributed by atoms with van der Waals surface area (Å²) in [5.74, 6) is 0.151. The number of rotatable bonds is 10. The largest absolute Gasteiger partial charge is 0.493 e. The van der Waals surface area contributed by atoms with Crippen LogP contribution in [0.25, 0.3) is 6.08 Å². The predicted octanol–water partition coefficient (Wildman–Crippen LogP) is 3.77. The van der Waals surface area contributed by atoms with Crippen LogP contribution >= 0.6 is 11.8 Å². The monoisotopic (exact) mass is 539 g/mol. The molecular weight excluding hydrogens is 510 g/mol. The van der Waals surface area contributed by atoms with Crippen molar-refractivity contribution in [3.63, 3.8) is 0 Å². The van der Waals surface area contributed by atoms with Gasteiger partial charge in [0.25, 0.3) is 17.1 Å². The molecule has 38 heavy (non-hydrogen) atoms. The standard InChI is InChI=1S/C27H29N3O7S/c1-3-36-20-9-5-4-8-19(20)28-24(31)17-37-21-11-10-18(14-22(21)35-2)15-23-26(33)30(27(34)38-23)16-25(32)29-12-6-7-13-29/h4-5,8-11,14-15H,3,6-7,12-13,16-17H2,1-2H3,(H,28,31)/b23-15-. The number of nitrogens with zero attached hydrogens (tertiary/aromatic N) is 2. The normalized spacial score (nSPS) is 16.2. The van der Waals surface area contributed by atoms with Gasteiger partial charge in [-0.25, -0.2) is 0 Å². The SMILES string of the molecule is CCOc1ccccc1NC(=O)COc1ccc(/C=C2\SC(=O)N(CC(=O)N3CCCC3)C2=O)cc1OC. The molecule has 2 aliphatic rings. The molecule has 0 radical (unpaired) electrons. The molecule has 2 heterocycles. The van der Waals surface area contributed by atoms with E-state index in [9.17, 15) is 19.2 Å². The van der Waals surface area contributed by atoms with Crippen molar-refractivity contribution >= 4 is 46.5 Å². The van der Waals surface area contributed by atoms with Crippen LogP contribution in [0.15, 0.2) is 47.4 Å². The fourth-order valence-corrected chi connectivity index (χ4v) is 4.90. The number of anilines is 1. The molecule has 10 nitrogen and oxygen atoms in total. The third-order valence-electron chi connectivity index (χ3n) is 5.93. The molecule has 2 fully saturated rings. The molecule has 0 atom stereocenters. The minimum Gasteiger partial charge on any atom is -0.493 e. The quantitative estimate of drug-likeness (QED) is 0.454. The Morgan fingerprint density at radius 3 is 2.53 bits per heavy atom. The van der Waals surface area contributed by atoms with E-state index in [-0.39, 0.29) is 29.9 Å². The van der Waals surface area contributed by atoms with E-state index in [0.717, 1.165) is 29.5 Å². The maximum absolute atomic E-state index is 12.8. The van der Waals surface area contributed by atoms with E-state index in [0.29, 0.717) is 48.2 Å². The maximum Gasteiger partial charge on any atom is 0.294 e. The smallest absolute Gasteiger partial charge is 0.294 e. The molecule has 11 heteroatoms. The van der Waals surface area contributed by atoms with Crippen LogP contribution in [0, 0.1) is 0 Å². The number of carbonyl (C=O) groups excluding carboxylic acids is 4. The summed E-state index contributed by atoms with van der Waals surface area (Å²) >= 11 is 0.791. The summed E-state index contributed by atoms with van der Waals surface area (Å²) in [7, 11) is 1.46. The Kier molecular flexibility index (Phi) is 8.90. The Morgan fingerprint density at radius 2 is 1.79 bits per heavy atom. The molecule has 200 valence electrons. The first-order valence-corrected chi connectivity index (χ1v) is 13.1. The summed E-state index contributed by atoms with van der Waals surface area (Å²) in [5, 5.41) is 2.29. The Bertz CT molecular complexity index is 1260. The van der Waals surface area contributed by atoms with Crippen LogP contribution in [0.1, 0.15) is 25.3 Å². The Morgan fingerprint density at radius 1 is 1.03 bits per heavy atom. The molecule has 2 saturated heterocycles. The van der Waals surface area contributed by atoms with E-state index < -0.39 is 11.1 Å². The van der Waals surface area contributed by atoms with Crippen molar-refractivity contribution in [2.45, 2.75) is 19.8 Å². The fourth-order valence-electron chi connectivity index (χ4n) is 4.06. The number of imide groups is 1. The lowest BCUT2D eigenvalue weighted by Gasteiger charge is -2.18. The molecule has 2 aliphatic heterocycles.